The summed E-state index contributed by atoms with van der Waals surface area (Å²) < 4.78 is 44.3. The van der Waals surface area contributed by atoms with Gasteiger partial charge in [-0.15, -0.1) is 0 Å². The van der Waals surface area contributed by atoms with E-state index in [0.717, 1.165) is 40.9 Å². The third kappa shape index (κ3) is 6.14. The average Bonchev–Trinajstić information content (AvgIpc) is 3.22. The molecule has 1 heterocycles. The molecule has 2 aliphatic rings. The molecule has 1 aliphatic heterocycles. The molecule has 1 N–H and O–H groups in total. The van der Waals surface area contributed by atoms with Crippen molar-refractivity contribution in [3.63, 3.8) is 0 Å². The summed E-state index contributed by atoms with van der Waals surface area (Å²) in [5, 5.41) is 1.87. The van der Waals surface area contributed by atoms with E-state index < -0.39 is 24.4 Å². The Kier molecular flexibility index (Phi) is 8.12. The summed E-state index contributed by atoms with van der Waals surface area (Å²) in [5.41, 5.74) is 3.16. The average molecular weight is 552 g/mol. The monoisotopic (exact) mass is 551 g/mol. The molecular formula is C31H32F3N3O3. The van der Waals surface area contributed by atoms with E-state index in [4.69, 9.17) is 4.74 Å². The van der Waals surface area contributed by atoms with Gasteiger partial charge in [-0.05, 0) is 36.1 Å². The van der Waals surface area contributed by atoms with E-state index in [9.17, 15) is 22.8 Å². The van der Waals surface area contributed by atoms with Crippen LogP contribution in [0.15, 0.2) is 78.9 Å². The molecule has 0 spiro atoms. The molecule has 3 aromatic carbocycles. The molecule has 0 bridgehead atoms. The number of amides is 2. The Labute approximate surface area is 231 Å². The fraction of sp³-hybridized carbons (Fsp3) is 0.355. The van der Waals surface area contributed by atoms with Crippen molar-refractivity contribution >= 4 is 12.0 Å². The number of halogens is 3. The van der Waals surface area contributed by atoms with Crippen molar-refractivity contribution in [3.05, 3.63) is 95.6 Å². The number of ether oxygens (including phenoxy) is 1. The van der Waals surface area contributed by atoms with Gasteiger partial charge in [0.05, 0.1) is 6.42 Å². The summed E-state index contributed by atoms with van der Waals surface area (Å²) in [6, 6.07) is 24.8. The van der Waals surface area contributed by atoms with Gasteiger partial charge in [0.1, 0.15) is 6.54 Å². The zero-order chi connectivity index (χ0) is 28.2. The van der Waals surface area contributed by atoms with Crippen molar-refractivity contribution < 1.29 is 27.5 Å². The second kappa shape index (κ2) is 11.7. The molecule has 3 aromatic rings. The Morgan fingerprint density at radius 2 is 1.40 bits per heavy atom. The maximum Gasteiger partial charge on any atom is 0.408 e. The molecule has 0 atom stereocenters. The van der Waals surface area contributed by atoms with Crippen LogP contribution in [0.3, 0.4) is 0 Å². The Morgan fingerprint density at radius 1 is 0.825 bits per heavy atom. The van der Waals surface area contributed by atoms with Crippen molar-refractivity contribution in [2.24, 2.45) is 0 Å². The molecule has 1 aliphatic carbocycles. The zero-order valence-electron chi connectivity index (χ0n) is 22.1. The van der Waals surface area contributed by atoms with Crippen LogP contribution in [0.5, 0.6) is 0 Å². The van der Waals surface area contributed by atoms with Crippen LogP contribution in [-0.4, -0.2) is 67.2 Å². The lowest BCUT2D eigenvalue weighted by Gasteiger charge is -2.36. The first kappa shape index (κ1) is 27.7. The predicted octanol–water partition coefficient (Wildman–Crippen LogP) is 5.37. The number of alkyl carbamates (subject to hydrolysis) is 1. The van der Waals surface area contributed by atoms with Gasteiger partial charge in [0.15, 0.2) is 5.60 Å². The summed E-state index contributed by atoms with van der Waals surface area (Å²) in [4.78, 5) is 29.6. The summed E-state index contributed by atoms with van der Waals surface area (Å²) in [7, 11) is 0. The van der Waals surface area contributed by atoms with E-state index in [1.807, 2.05) is 89.1 Å². The molecule has 9 heteroatoms. The standard InChI is InChI=1S/C31H32F3N3O3/c32-31(33,34)22-35-29(39)40-30(26-13-6-4-11-24(26)25-12-5-7-14-27(25)30)15-8-16-36-17-19-37(20-18-36)28(38)21-23-9-2-1-3-10-23/h1-7,9-14H,8,15-22H2,(H,35,39). The largest absolute Gasteiger partial charge is 0.433 e. The van der Waals surface area contributed by atoms with Crippen LogP contribution in [0.2, 0.25) is 0 Å². The number of alkyl halides is 3. The Bertz CT molecular complexity index is 1290. The molecule has 5 rings (SSSR count). The summed E-state index contributed by atoms with van der Waals surface area (Å²) in [5.74, 6) is 0.113. The molecule has 0 radical (unpaired) electrons. The van der Waals surface area contributed by atoms with Crippen LogP contribution < -0.4 is 5.32 Å². The van der Waals surface area contributed by atoms with E-state index in [0.29, 0.717) is 38.9 Å². The fourth-order valence-electron chi connectivity index (χ4n) is 5.74. The van der Waals surface area contributed by atoms with Crippen LogP contribution in [0, 0.1) is 0 Å². The van der Waals surface area contributed by atoms with Crippen molar-refractivity contribution in [1.82, 2.24) is 15.1 Å². The highest BCUT2D eigenvalue weighted by Crippen LogP contribution is 2.52. The van der Waals surface area contributed by atoms with Gasteiger partial charge in [0.25, 0.3) is 0 Å². The smallest absolute Gasteiger partial charge is 0.408 e. The van der Waals surface area contributed by atoms with Gasteiger partial charge < -0.3 is 15.0 Å². The number of carbonyl (C=O) groups excluding carboxylic acids is 2. The van der Waals surface area contributed by atoms with Gasteiger partial charge >= 0.3 is 12.3 Å². The Balaban J connectivity index is 1.25. The van der Waals surface area contributed by atoms with Crippen LogP contribution in [0.4, 0.5) is 18.0 Å². The normalized spacial score (nSPS) is 16.2. The molecule has 0 saturated carbocycles. The van der Waals surface area contributed by atoms with E-state index in [-0.39, 0.29) is 5.91 Å². The number of benzene rings is 3. The zero-order valence-corrected chi connectivity index (χ0v) is 22.1. The van der Waals surface area contributed by atoms with Crippen LogP contribution in [0.1, 0.15) is 29.5 Å². The molecule has 0 aromatic heterocycles. The third-order valence-corrected chi connectivity index (χ3v) is 7.64. The van der Waals surface area contributed by atoms with Gasteiger partial charge in [-0.2, -0.15) is 13.2 Å². The van der Waals surface area contributed by atoms with E-state index in [1.165, 1.54) is 0 Å². The first-order valence-corrected chi connectivity index (χ1v) is 13.5. The van der Waals surface area contributed by atoms with Gasteiger partial charge in [-0.25, -0.2) is 4.79 Å². The minimum atomic E-state index is -4.54. The molecule has 40 heavy (non-hydrogen) atoms. The van der Waals surface area contributed by atoms with E-state index >= 15 is 0 Å². The summed E-state index contributed by atoms with van der Waals surface area (Å²) in [6.45, 7) is 1.98. The molecule has 2 amide bonds. The lowest BCUT2D eigenvalue weighted by atomic mass is 9.86. The highest BCUT2D eigenvalue weighted by Gasteiger charge is 2.46. The molecule has 6 nitrogen and oxygen atoms in total. The van der Waals surface area contributed by atoms with Crippen molar-refractivity contribution in [2.45, 2.75) is 31.0 Å². The summed E-state index contributed by atoms with van der Waals surface area (Å²) >= 11 is 0. The van der Waals surface area contributed by atoms with Crippen LogP contribution in [-0.2, 0) is 21.6 Å². The Morgan fingerprint density at radius 3 is 2.00 bits per heavy atom. The maximum absolute atomic E-state index is 12.8. The maximum atomic E-state index is 12.8. The van der Waals surface area contributed by atoms with Crippen molar-refractivity contribution in [3.8, 4) is 11.1 Å². The minimum Gasteiger partial charge on any atom is -0.433 e. The number of carbonyl (C=O) groups is 2. The second-order valence-corrected chi connectivity index (χ2v) is 10.3. The number of fused-ring (bicyclic) bond motifs is 3. The first-order valence-electron chi connectivity index (χ1n) is 13.5. The van der Waals surface area contributed by atoms with Crippen molar-refractivity contribution in [1.29, 1.82) is 0 Å². The van der Waals surface area contributed by atoms with Gasteiger partial charge in [-0.1, -0.05) is 78.9 Å². The number of hydrogen-bond acceptors (Lipinski definition) is 4. The highest BCUT2D eigenvalue weighted by molar-refractivity contribution is 5.82. The SMILES string of the molecule is O=C(NCC(F)(F)F)OC1(CCCN2CCN(C(=O)Cc3ccccc3)CC2)c2ccccc2-c2ccccc21. The number of piperazine rings is 1. The van der Waals surface area contributed by atoms with Gasteiger partial charge in [-0.3, -0.25) is 9.69 Å². The predicted molar refractivity (Wildman–Crippen MR) is 146 cm³/mol. The van der Waals surface area contributed by atoms with Crippen LogP contribution in [0.25, 0.3) is 11.1 Å². The first-order chi connectivity index (χ1) is 19.2. The van der Waals surface area contributed by atoms with Gasteiger partial charge in [0, 0.05) is 37.3 Å². The quantitative estimate of drug-likeness (QED) is 0.409. The topological polar surface area (TPSA) is 61.9 Å². The summed E-state index contributed by atoms with van der Waals surface area (Å²) in [6.07, 6.45) is -4.20. The molecule has 1 saturated heterocycles. The third-order valence-electron chi connectivity index (χ3n) is 7.64. The van der Waals surface area contributed by atoms with Gasteiger partial charge in [0.2, 0.25) is 5.91 Å². The number of nitrogens with zero attached hydrogens (tertiary/aromatic N) is 2. The minimum absolute atomic E-state index is 0.113. The van der Waals surface area contributed by atoms with E-state index in [1.54, 1.807) is 0 Å². The number of rotatable bonds is 8. The molecule has 210 valence electrons. The number of hydrogen-bond donors (Lipinski definition) is 1. The lowest BCUT2D eigenvalue weighted by molar-refractivity contribution is -0.132. The Hall–Kier alpha value is -3.85. The molecular weight excluding hydrogens is 519 g/mol. The molecule has 0 unspecified atom stereocenters. The highest BCUT2D eigenvalue weighted by atomic mass is 19.4. The lowest BCUT2D eigenvalue weighted by Crippen LogP contribution is -2.49. The van der Waals surface area contributed by atoms with Crippen LogP contribution >= 0.6 is 0 Å². The van der Waals surface area contributed by atoms with E-state index in [2.05, 4.69) is 4.90 Å². The molecule has 1 fully saturated rings. The fourth-order valence-corrected chi connectivity index (χ4v) is 5.74. The second-order valence-electron chi connectivity index (χ2n) is 10.3. The number of nitrogens with one attached hydrogen (secondary N) is 1. The van der Waals surface area contributed by atoms with Crippen molar-refractivity contribution in [2.75, 3.05) is 39.3 Å².